The Bertz CT molecular complexity index is 336. The Hall–Kier alpha value is -1.10. The van der Waals surface area contributed by atoms with Crippen LogP contribution in [0.4, 0.5) is 0 Å². The molecule has 0 spiro atoms. The fraction of sp³-hybridized carbons (Fsp3) is 0.846. The van der Waals surface area contributed by atoms with Crippen LogP contribution >= 0.6 is 0 Å². The molecule has 2 aliphatic rings. The van der Waals surface area contributed by atoms with Crippen molar-refractivity contribution in [2.75, 3.05) is 6.54 Å². The van der Waals surface area contributed by atoms with Crippen LogP contribution in [-0.4, -0.2) is 45.7 Å². The molecule has 2 atom stereocenters. The molecule has 1 amide bonds. The number of aliphatic hydroxyl groups is 1. The van der Waals surface area contributed by atoms with Crippen LogP contribution in [0.15, 0.2) is 0 Å². The lowest BCUT2D eigenvalue weighted by Crippen LogP contribution is -2.44. The molecule has 1 unspecified atom stereocenters. The molecule has 1 heterocycles. The zero-order valence-electron chi connectivity index (χ0n) is 10.7. The molecule has 2 fully saturated rings. The zero-order valence-corrected chi connectivity index (χ0v) is 10.7. The standard InChI is InChI=1S/C13H21NO4/c1-8-2-4-9(5-3-8)12(16)14-7-10(15)6-11(14)13(17)18/h8-11,15H,2-7H2,1H3,(H,17,18)/t8?,9?,10?,11-/m0/s1. The van der Waals surface area contributed by atoms with Crippen molar-refractivity contribution in [1.82, 2.24) is 4.90 Å². The third-order valence-electron chi connectivity index (χ3n) is 4.21. The zero-order chi connectivity index (χ0) is 13.3. The van der Waals surface area contributed by atoms with Crippen LogP contribution in [-0.2, 0) is 9.59 Å². The van der Waals surface area contributed by atoms with Crippen molar-refractivity contribution in [3.8, 4) is 0 Å². The highest BCUT2D eigenvalue weighted by molar-refractivity contribution is 5.85. The Morgan fingerprint density at radius 3 is 2.33 bits per heavy atom. The lowest BCUT2D eigenvalue weighted by Gasteiger charge is -2.30. The van der Waals surface area contributed by atoms with Crippen LogP contribution in [0.25, 0.3) is 0 Å². The van der Waals surface area contributed by atoms with E-state index in [1.807, 2.05) is 0 Å². The fourth-order valence-corrected chi connectivity index (χ4v) is 3.03. The van der Waals surface area contributed by atoms with Gasteiger partial charge in [-0.05, 0) is 31.6 Å². The van der Waals surface area contributed by atoms with Gasteiger partial charge in [0.2, 0.25) is 5.91 Å². The third-order valence-corrected chi connectivity index (χ3v) is 4.21. The smallest absolute Gasteiger partial charge is 0.326 e. The number of hydrogen-bond acceptors (Lipinski definition) is 3. The number of amides is 1. The first-order valence-electron chi connectivity index (χ1n) is 6.70. The average molecular weight is 255 g/mol. The van der Waals surface area contributed by atoms with E-state index in [1.165, 1.54) is 4.90 Å². The van der Waals surface area contributed by atoms with Crippen molar-refractivity contribution in [2.24, 2.45) is 11.8 Å². The number of carboxylic acid groups (broad SMARTS) is 1. The molecule has 2 rings (SSSR count). The molecule has 0 bridgehead atoms. The molecule has 0 aromatic rings. The van der Waals surface area contributed by atoms with E-state index < -0.39 is 18.1 Å². The lowest BCUT2D eigenvalue weighted by molar-refractivity contribution is -0.150. The second-order valence-electron chi connectivity index (χ2n) is 5.69. The maximum Gasteiger partial charge on any atom is 0.326 e. The number of nitrogens with zero attached hydrogens (tertiary/aromatic N) is 1. The molecule has 0 aromatic carbocycles. The first-order valence-corrected chi connectivity index (χ1v) is 6.70. The molecule has 1 aliphatic carbocycles. The number of aliphatic carboxylic acids is 1. The lowest BCUT2D eigenvalue weighted by atomic mass is 9.82. The number of aliphatic hydroxyl groups excluding tert-OH is 1. The summed E-state index contributed by atoms with van der Waals surface area (Å²) in [4.78, 5) is 24.8. The molecule has 102 valence electrons. The van der Waals surface area contributed by atoms with Crippen LogP contribution in [0, 0.1) is 11.8 Å². The van der Waals surface area contributed by atoms with Crippen LogP contribution < -0.4 is 0 Å². The molecule has 18 heavy (non-hydrogen) atoms. The highest BCUT2D eigenvalue weighted by Gasteiger charge is 2.41. The van der Waals surface area contributed by atoms with E-state index in [0.29, 0.717) is 5.92 Å². The van der Waals surface area contributed by atoms with Crippen molar-refractivity contribution >= 4 is 11.9 Å². The van der Waals surface area contributed by atoms with Gasteiger partial charge in [-0.1, -0.05) is 6.92 Å². The molecular formula is C13H21NO4. The Morgan fingerprint density at radius 1 is 1.17 bits per heavy atom. The highest BCUT2D eigenvalue weighted by atomic mass is 16.4. The van der Waals surface area contributed by atoms with E-state index >= 15 is 0 Å². The van der Waals surface area contributed by atoms with Gasteiger partial charge < -0.3 is 15.1 Å². The largest absolute Gasteiger partial charge is 0.480 e. The topological polar surface area (TPSA) is 77.8 Å². The van der Waals surface area contributed by atoms with Gasteiger partial charge in [0.1, 0.15) is 6.04 Å². The summed E-state index contributed by atoms with van der Waals surface area (Å²) in [6.45, 7) is 2.35. The van der Waals surface area contributed by atoms with E-state index in [1.54, 1.807) is 0 Å². The Kier molecular flexibility index (Phi) is 3.90. The van der Waals surface area contributed by atoms with Gasteiger partial charge in [0, 0.05) is 18.9 Å². The summed E-state index contributed by atoms with van der Waals surface area (Å²) < 4.78 is 0. The summed E-state index contributed by atoms with van der Waals surface area (Å²) >= 11 is 0. The van der Waals surface area contributed by atoms with Crippen LogP contribution in [0.2, 0.25) is 0 Å². The fourth-order valence-electron chi connectivity index (χ4n) is 3.03. The number of likely N-dealkylation sites (tertiary alicyclic amines) is 1. The normalized spacial score (nSPS) is 36.7. The van der Waals surface area contributed by atoms with Gasteiger partial charge >= 0.3 is 5.97 Å². The van der Waals surface area contributed by atoms with Crippen LogP contribution in [0.1, 0.15) is 39.0 Å². The summed E-state index contributed by atoms with van der Waals surface area (Å²) in [5.41, 5.74) is 0. The number of carboxylic acids is 1. The van der Waals surface area contributed by atoms with Crippen molar-refractivity contribution < 1.29 is 19.8 Å². The number of carbonyl (C=O) groups is 2. The minimum absolute atomic E-state index is 0.0478. The number of carbonyl (C=O) groups excluding carboxylic acids is 1. The van der Waals surface area contributed by atoms with Gasteiger partial charge in [-0.15, -0.1) is 0 Å². The predicted molar refractivity (Wildman–Crippen MR) is 64.9 cm³/mol. The maximum atomic E-state index is 12.3. The Morgan fingerprint density at radius 2 is 1.78 bits per heavy atom. The molecule has 5 nitrogen and oxygen atoms in total. The first-order chi connectivity index (χ1) is 8.49. The van der Waals surface area contributed by atoms with E-state index in [2.05, 4.69) is 6.92 Å². The van der Waals surface area contributed by atoms with Crippen LogP contribution in [0.3, 0.4) is 0 Å². The Balaban J connectivity index is 2.01. The summed E-state index contributed by atoms with van der Waals surface area (Å²) in [6.07, 6.45) is 3.22. The number of hydrogen-bond donors (Lipinski definition) is 2. The summed E-state index contributed by atoms with van der Waals surface area (Å²) in [7, 11) is 0. The van der Waals surface area contributed by atoms with Gasteiger partial charge in [-0.25, -0.2) is 4.79 Å². The second kappa shape index (κ2) is 5.26. The summed E-state index contributed by atoms with van der Waals surface area (Å²) in [6, 6.07) is -0.841. The van der Waals surface area contributed by atoms with Gasteiger partial charge in [0.25, 0.3) is 0 Å². The molecule has 1 aliphatic heterocycles. The van der Waals surface area contributed by atoms with Gasteiger partial charge in [0.05, 0.1) is 6.10 Å². The van der Waals surface area contributed by atoms with Crippen molar-refractivity contribution in [2.45, 2.75) is 51.2 Å². The number of rotatable bonds is 2. The Labute approximate surface area is 107 Å². The molecule has 5 heteroatoms. The van der Waals surface area contributed by atoms with E-state index in [9.17, 15) is 14.7 Å². The van der Waals surface area contributed by atoms with E-state index in [4.69, 9.17) is 5.11 Å². The van der Waals surface area contributed by atoms with Crippen molar-refractivity contribution in [1.29, 1.82) is 0 Å². The summed E-state index contributed by atoms with van der Waals surface area (Å²) in [5, 5.41) is 18.6. The number of β-amino-alcohol motifs (C(OH)–C–C–N with tert-alkyl or cyclic N) is 1. The second-order valence-corrected chi connectivity index (χ2v) is 5.69. The monoisotopic (exact) mass is 255 g/mol. The molecule has 2 N–H and O–H groups in total. The van der Waals surface area contributed by atoms with E-state index in [-0.39, 0.29) is 24.8 Å². The highest BCUT2D eigenvalue weighted by Crippen LogP contribution is 2.31. The molecule has 1 saturated heterocycles. The minimum Gasteiger partial charge on any atom is -0.480 e. The molecule has 0 aromatic heterocycles. The molecular weight excluding hydrogens is 234 g/mol. The van der Waals surface area contributed by atoms with Gasteiger partial charge in [-0.2, -0.15) is 0 Å². The van der Waals surface area contributed by atoms with Crippen molar-refractivity contribution in [3.63, 3.8) is 0 Å². The van der Waals surface area contributed by atoms with Crippen molar-refractivity contribution in [3.05, 3.63) is 0 Å². The SMILES string of the molecule is CC1CCC(C(=O)N2CC(O)C[C@H]2C(=O)O)CC1. The molecule has 0 radical (unpaired) electrons. The predicted octanol–water partition coefficient (Wildman–Crippen LogP) is 0.859. The first kappa shape index (κ1) is 13.3. The van der Waals surface area contributed by atoms with Crippen LogP contribution in [0.5, 0.6) is 0 Å². The minimum atomic E-state index is -1.01. The quantitative estimate of drug-likeness (QED) is 0.767. The maximum absolute atomic E-state index is 12.3. The summed E-state index contributed by atoms with van der Waals surface area (Å²) in [5.74, 6) is -0.475. The van der Waals surface area contributed by atoms with Gasteiger partial charge in [-0.3, -0.25) is 4.79 Å². The average Bonchev–Trinajstić information content (AvgIpc) is 2.71. The third kappa shape index (κ3) is 2.66. The van der Waals surface area contributed by atoms with E-state index in [0.717, 1.165) is 25.7 Å². The molecule has 1 saturated carbocycles. The van der Waals surface area contributed by atoms with Gasteiger partial charge in [0.15, 0.2) is 0 Å².